The Labute approximate surface area is 213 Å². The predicted octanol–water partition coefficient (Wildman–Crippen LogP) is 2.57. The molecule has 3 amide bonds. The van der Waals surface area contributed by atoms with Gasteiger partial charge in [-0.05, 0) is 24.6 Å². The molecular formula is C22H25F3N6O5S. The van der Waals surface area contributed by atoms with Gasteiger partial charge in [0.2, 0.25) is 0 Å². The Balaban J connectivity index is 1.34. The van der Waals surface area contributed by atoms with E-state index in [2.05, 4.69) is 15.7 Å². The highest BCUT2D eigenvalue weighted by Crippen LogP contribution is 2.29. The Morgan fingerprint density at radius 2 is 2.11 bits per heavy atom. The van der Waals surface area contributed by atoms with Crippen molar-refractivity contribution in [3.63, 3.8) is 0 Å². The van der Waals surface area contributed by atoms with E-state index in [1.807, 2.05) is 0 Å². The summed E-state index contributed by atoms with van der Waals surface area (Å²) in [5.41, 5.74) is 3.96. The van der Waals surface area contributed by atoms with Crippen molar-refractivity contribution in [3.05, 3.63) is 35.1 Å². The van der Waals surface area contributed by atoms with Crippen LogP contribution in [0.3, 0.4) is 0 Å². The molecule has 0 radical (unpaired) electrons. The van der Waals surface area contributed by atoms with Crippen molar-refractivity contribution in [2.45, 2.75) is 32.0 Å². The number of ketones is 1. The summed E-state index contributed by atoms with van der Waals surface area (Å²) in [6, 6.07) is 3.82. The summed E-state index contributed by atoms with van der Waals surface area (Å²) in [5.74, 6) is -1.80. The van der Waals surface area contributed by atoms with E-state index < -0.39 is 42.7 Å². The van der Waals surface area contributed by atoms with Crippen LogP contribution in [-0.4, -0.2) is 78.3 Å². The highest BCUT2D eigenvalue weighted by Gasteiger charge is 2.33. The number of aliphatic hydroxyl groups excluding tert-OH is 1. The van der Waals surface area contributed by atoms with Gasteiger partial charge in [-0.2, -0.15) is 0 Å². The van der Waals surface area contributed by atoms with E-state index in [-0.39, 0.29) is 37.5 Å². The lowest BCUT2D eigenvalue weighted by molar-refractivity contribution is -0.129. The number of halogens is 3. The molecule has 0 aliphatic carbocycles. The molecule has 4 rings (SSSR count). The first-order chi connectivity index (χ1) is 17.7. The van der Waals surface area contributed by atoms with Gasteiger partial charge in [0.15, 0.2) is 10.9 Å². The first-order valence-corrected chi connectivity index (χ1v) is 12.3. The fourth-order valence-electron chi connectivity index (χ4n) is 3.96. The predicted molar refractivity (Wildman–Crippen MR) is 128 cm³/mol. The normalized spacial score (nSPS) is 18.2. The third-order valence-corrected chi connectivity index (χ3v) is 6.67. The number of benzene rings is 1. The van der Waals surface area contributed by atoms with Crippen molar-refractivity contribution in [2.24, 2.45) is 0 Å². The maximum atomic E-state index is 15.1. The minimum Gasteiger partial charge on any atom is -0.444 e. The van der Waals surface area contributed by atoms with Gasteiger partial charge in [-0.1, -0.05) is 0 Å². The van der Waals surface area contributed by atoms with Gasteiger partial charge in [-0.15, -0.1) is 11.3 Å². The topological polar surface area (TPSA) is 127 Å². The average Bonchev–Trinajstić information content (AvgIpc) is 3.40. The van der Waals surface area contributed by atoms with Gasteiger partial charge in [0, 0.05) is 31.4 Å². The third kappa shape index (κ3) is 6.47. The summed E-state index contributed by atoms with van der Waals surface area (Å²) in [6.07, 6.45) is -5.01. The molecule has 2 saturated heterocycles. The smallest absolute Gasteiger partial charge is 0.414 e. The first kappa shape index (κ1) is 26.6. The van der Waals surface area contributed by atoms with Crippen LogP contribution in [0, 0.1) is 5.82 Å². The second kappa shape index (κ2) is 11.7. The van der Waals surface area contributed by atoms with Crippen molar-refractivity contribution in [1.82, 2.24) is 15.4 Å². The van der Waals surface area contributed by atoms with Crippen molar-refractivity contribution in [1.29, 1.82) is 0 Å². The summed E-state index contributed by atoms with van der Waals surface area (Å²) in [5, 5.41) is 15.1. The number of thiazole rings is 1. The quantitative estimate of drug-likeness (QED) is 0.465. The Morgan fingerprint density at radius 3 is 2.81 bits per heavy atom. The van der Waals surface area contributed by atoms with Crippen molar-refractivity contribution in [2.75, 3.05) is 47.8 Å². The van der Waals surface area contributed by atoms with Crippen LogP contribution in [-0.2, 0) is 16.1 Å². The number of rotatable bonds is 8. The maximum Gasteiger partial charge on any atom is 0.414 e. The number of Topliss-reactive ketones (excluding diaryl/α,β-unsaturated/α-hetero) is 1. The highest BCUT2D eigenvalue weighted by molar-refractivity contribution is 7.13. The molecule has 2 aliphatic heterocycles. The summed E-state index contributed by atoms with van der Waals surface area (Å²) in [6.45, 7) is 1.11. The lowest BCUT2D eigenvalue weighted by atomic mass is 10.1. The van der Waals surface area contributed by atoms with Crippen LogP contribution in [0.1, 0.15) is 18.5 Å². The molecule has 0 spiro atoms. The van der Waals surface area contributed by atoms with E-state index in [4.69, 9.17) is 9.84 Å². The van der Waals surface area contributed by atoms with Crippen molar-refractivity contribution >= 4 is 45.8 Å². The van der Waals surface area contributed by atoms with Crippen LogP contribution in [0.25, 0.3) is 0 Å². The van der Waals surface area contributed by atoms with E-state index >= 15 is 4.39 Å². The average molecular weight is 543 g/mol. The molecule has 0 unspecified atom stereocenters. The number of urea groups is 1. The van der Waals surface area contributed by atoms with Gasteiger partial charge >= 0.3 is 12.1 Å². The van der Waals surface area contributed by atoms with Crippen LogP contribution in [0.5, 0.6) is 0 Å². The van der Waals surface area contributed by atoms with E-state index in [9.17, 15) is 23.2 Å². The number of cyclic esters (lactones) is 1. The van der Waals surface area contributed by atoms with Crippen LogP contribution in [0.15, 0.2) is 23.6 Å². The van der Waals surface area contributed by atoms with Crippen molar-refractivity contribution in [3.8, 4) is 0 Å². The van der Waals surface area contributed by atoms with E-state index in [0.29, 0.717) is 30.5 Å². The number of carbonyl (C=O) groups excluding carboxylic acids is 3. The molecule has 37 heavy (non-hydrogen) atoms. The Hall–Kier alpha value is -3.43. The van der Waals surface area contributed by atoms with Gasteiger partial charge < -0.3 is 14.7 Å². The standard InChI is InChI=1S/C22H25F3N6O5S/c23-16-9-14(30-10-15(36-22(30)35)2-4-18(33)19(24)25)1-3-17(16)29-6-5-26-31(8-7-29)21(34)28-20-27-13(11-32)12-37-20/h1,3,9,12,15,19,26,32H,2,4-8,10-11H2,(H,27,28,34)/t15-/m0/s1. The van der Waals surface area contributed by atoms with Gasteiger partial charge in [0.05, 0.1) is 36.8 Å². The number of alkyl halides is 2. The molecule has 11 nitrogen and oxygen atoms in total. The number of nitrogens with one attached hydrogen (secondary N) is 2. The number of anilines is 3. The Bertz CT molecular complexity index is 1150. The molecule has 1 aromatic heterocycles. The largest absolute Gasteiger partial charge is 0.444 e. The minimum atomic E-state index is -3.07. The number of hydrogen-bond acceptors (Lipinski definition) is 9. The molecule has 2 aromatic rings. The molecule has 2 aliphatic rings. The summed E-state index contributed by atoms with van der Waals surface area (Å²) in [7, 11) is 0. The molecule has 15 heteroatoms. The highest BCUT2D eigenvalue weighted by atomic mass is 32.1. The summed E-state index contributed by atoms with van der Waals surface area (Å²) in [4.78, 5) is 43.0. The van der Waals surface area contributed by atoms with Crippen LogP contribution in [0.2, 0.25) is 0 Å². The van der Waals surface area contributed by atoms with Crippen molar-refractivity contribution < 1.29 is 37.4 Å². The third-order valence-electron chi connectivity index (χ3n) is 5.86. The number of hydrazine groups is 1. The van der Waals surface area contributed by atoms with Gasteiger partial charge in [-0.25, -0.2) is 33.2 Å². The molecule has 2 fully saturated rings. The summed E-state index contributed by atoms with van der Waals surface area (Å²) < 4.78 is 45.0. The number of carbonyl (C=O) groups is 3. The first-order valence-electron chi connectivity index (χ1n) is 11.5. The SMILES string of the molecule is O=C(CC[C@H]1CN(c2ccc(N3CCNN(C(=O)Nc4nc(CO)cs4)CC3)c(F)c2)C(=O)O1)C(F)F. The zero-order valence-corrected chi connectivity index (χ0v) is 20.3. The molecule has 3 heterocycles. The second-order valence-corrected chi connectivity index (χ2v) is 9.19. The number of aliphatic hydroxyl groups is 1. The molecular weight excluding hydrogens is 517 g/mol. The molecule has 3 N–H and O–H groups in total. The molecule has 0 bridgehead atoms. The lowest BCUT2D eigenvalue weighted by Crippen LogP contribution is -2.46. The molecule has 1 atom stereocenters. The lowest BCUT2D eigenvalue weighted by Gasteiger charge is -2.24. The van der Waals surface area contributed by atoms with Crippen LogP contribution in [0.4, 0.5) is 39.3 Å². The second-order valence-electron chi connectivity index (χ2n) is 8.34. The van der Waals surface area contributed by atoms with E-state index in [1.165, 1.54) is 33.4 Å². The Kier molecular flexibility index (Phi) is 8.45. The number of ether oxygens (including phenoxy) is 1. The minimum absolute atomic E-state index is 0.0186. The molecule has 0 saturated carbocycles. The fraction of sp³-hybridized carbons (Fsp3) is 0.455. The van der Waals surface area contributed by atoms with Gasteiger partial charge in [-0.3, -0.25) is 20.0 Å². The number of nitrogens with zero attached hydrogens (tertiary/aromatic N) is 4. The van der Waals surface area contributed by atoms with Gasteiger partial charge in [0.25, 0.3) is 6.43 Å². The monoisotopic (exact) mass is 542 g/mol. The van der Waals surface area contributed by atoms with Gasteiger partial charge in [0.1, 0.15) is 11.9 Å². The van der Waals surface area contributed by atoms with E-state index in [0.717, 1.165) is 0 Å². The number of amides is 3. The fourth-order valence-corrected chi connectivity index (χ4v) is 4.65. The Morgan fingerprint density at radius 1 is 1.30 bits per heavy atom. The van der Waals surface area contributed by atoms with E-state index in [1.54, 1.807) is 16.3 Å². The van der Waals surface area contributed by atoms with Crippen LogP contribution < -0.4 is 20.5 Å². The maximum absolute atomic E-state index is 15.1. The number of hydrogen-bond donors (Lipinski definition) is 3. The zero-order chi connectivity index (χ0) is 26.5. The van der Waals surface area contributed by atoms with Crippen LogP contribution >= 0.6 is 11.3 Å². The molecule has 1 aromatic carbocycles. The summed E-state index contributed by atoms with van der Waals surface area (Å²) >= 11 is 1.19. The zero-order valence-electron chi connectivity index (χ0n) is 19.5. The molecule has 200 valence electrons. The number of aromatic nitrogens is 1.